The van der Waals surface area contributed by atoms with Gasteiger partial charge in [-0.15, -0.1) is 0 Å². The summed E-state index contributed by atoms with van der Waals surface area (Å²) in [4.78, 5) is 11.4. The molecule has 34 heavy (non-hydrogen) atoms. The Balaban J connectivity index is 1.09. The predicted octanol–water partition coefficient (Wildman–Crippen LogP) is 5.01. The molecule has 3 saturated heterocycles. The van der Waals surface area contributed by atoms with Gasteiger partial charge in [-0.1, -0.05) is 12.1 Å². The standard InChI is InChI=1S/C28H43NO5/c1-3-24(20-32-27-16-21-15-22(17-27)19-28(18-21)34-33-12-1)23-4-6-26(7-5-23)31-11-2-10-29-25-8-13-30-14-9-25/h4-7,21-22,24-25,27-29H,1-3,8-20H2. The summed E-state index contributed by atoms with van der Waals surface area (Å²) in [6.45, 7) is 4.97. The maximum atomic E-state index is 6.53. The van der Waals surface area contributed by atoms with Gasteiger partial charge in [0.25, 0.3) is 0 Å². The molecule has 2 aliphatic carbocycles. The van der Waals surface area contributed by atoms with Crippen molar-refractivity contribution in [3.63, 3.8) is 0 Å². The second-order valence-electron chi connectivity index (χ2n) is 10.9. The molecule has 0 radical (unpaired) electrons. The van der Waals surface area contributed by atoms with Crippen LogP contribution in [0.15, 0.2) is 24.3 Å². The number of benzene rings is 1. The van der Waals surface area contributed by atoms with Crippen LogP contribution in [-0.4, -0.2) is 57.8 Å². The normalized spacial score (nSPS) is 33.1. The van der Waals surface area contributed by atoms with E-state index in [2.05, 4.69) is 29.6 Å². The Morgan fingerprint density at radius 1 is 0.853 bits per heavy atom. The first-order valence-corrected chi connectivity index (χ1v) is 13.8. The van der Waals surface area contributed by atoms with Gasteiger partial charge in [-0.2, -0.15) is 0 Å². The van der Waals surface area contributed by atoms with Crippen molar-refractivity contribution in [3.8, 4) is 5.75 Å². The van der Waals surface area contributed by atoms with Crippen molar-refractivity contribution >= 4 is 0 Å². The Kier molecular flexibility index (Phi) is 9.14. The third-order valence-electron chi connectivity index (χ3n) is 8.16. The summed E-state index contributed by atoms with van der Waals surface area (Å²) in [5.74, 6) is 2.80. The molecule has 6 rings (SSSR count). The zero-order valence-electron chi connectivity index (χ0n) is 20.6. The molecule has 6 heteroatoms. The van der Waals surface area contributed by atoms with Crippen molar-refractivity contribution in [1.82, 2.24) is 5.32 Å². The Labute approximate surface area is 204 Å². The molecule has 1 aromatic carbocycles. The lowest BCUT2D eigenvalue weighted by Gasteiger charge is -2.41. The van der Waals surface area contributed by atoms with Crippen LogP contribution in [0.25, 0.3) is 0 Å². The van der Waals surface area contributed by atoms with E-state index in [9.17, 15) is 0 Å². The van der Waals surface area contributed by atoms with Crippen molar-refractivity contribution in [1.29, 1.82) is 0 Å². The lowest BCUT2D eigenvalue weighted by atomic mass is 9.70. The number of fused-ring (bicyclic) bond motifs is 7. The lowest BCUT2D eigenvalue weighted by molar-refractivity contribution is -0.334. The maximum Gasteiger partial charge on any atom is 0.119 e. The molecular formula is C28H43NO5. The van der Waals surface area contributed by atoms with Crippen LogP contribution in [0.5, 0.6) is 5.75 Å². The highest BCUT2D eigenvalue weighted by molar-refractivity contribution is 5.29. The molecule has 0 aromatic heterocycles. The third kappa shape index (κ3) is 7.17. The van der Waals surface area contributed by atoms with E-state index in [1.165, 1.54) is 24.8 Å². The van der Waals surface area contributed by atoms with Crippen molar-refractivity contribution in [2.45, 2.75) is 88.4 Å². The van der Waals surface area contributed by atoms with E-state index in [0.717, 1.165) is 95.5 Å². The van der Waals surface area contributed by atoms with E-state index in [1.54, 1.807) is 0 Å². The molecule has 5 aliphatic rings. The Bertz CT molecular complexity index is 708. The van der Waals surface area contributed by atoms with Crippen LogP contribution in [0.2, 0.25) is 0 Å². The van der Waals surface area contributed by atoms with Crippen molar-refractivity contribution < 1.29 is 24.0 Å². The van der Waals surface area contributed by atoms with Crippen LogP contribution in [0, 0.1) is 11.8 Å². The van der Waals surface area contributed by atoms with Crippen LogP contribution in [0.4, 0.5) is 0 Å². The minimum atomic E-state index is 0.284. The minimum Gasteiger partial charge on any atom is -0.494 e. The van der Waals surface area contributed by atoms with Crippen molar-refractivity contribution in [2.24, 2.45) is 11.8 Å². The van der Waals surface area contributed by atoms with Crippen LogP contribution < -0.4 is 10.1 Å². The number of ether oxygens (including phenoxy) is 3. The second kappa shape index (κ2) is 12.7. The van der Waals surface area contributed by atoms with E-state index >= 15 is 0 Å². The molecule has 0 spiro atoms. The highest BCUT2D eigenvalue weighted by Gasteiger charge is 2.37. The van der Waals surface area contributed by atoms with Gasteiger partial charge in [0.1, 0.15) is 5.75 Å². The largest absolute Gasteiger partial charge is 0.494 e. The molecule has 6 nitrogen and oxygen atoms in total. The number of rotatable bonds is 7. The zero-order valence-corrected chi connectivity index (χ0v) is 20.6. The molecule has 1 aromatic rings. The minimum absolute atomic E-state index is 0.284. The molecule has 5 fully saturated rings. The van der Waals surface area contributed by atoms with Gasteiger partial charge in [0.15, 0.2) is 0 Å². The number of hydrogen-bond donors (Lipinski definition) is 1. The number of hydrogen-bond acceptors (Lipinski definition) is 6. The average Bonchev–Trinajstić information content (AvgIpc) is 2.87. The Morgan fingerprint density at radius 2 is 1.62 bits per heavy atom. The molecule has 2 saturated carbocycles. The van der Waals surface area contributed by atoms with Gasteiger partial charge in [0, 0.05) is 25.2 Å². The molecule has 190 valence electrons. The van der Waals surface area contributed by atoms with Gasteiger partial charge in [-0.05, 0) is 100 Å². The molecule has 3 heterocycles. The Morgan fingerprint density at radius 3 is 2.41 bits per heavy atom. The Hall–Kier alpha value is -1.18. The summed E-state index contributed by atoms with van der Waals surface area (Å²) in [7, 11) is 0. The van der Waals surface area contributed by atoms with E-state index in [-0.39, 0.29) is 6.10 Å². The fourth-order valence-electron chi connectivity index (χ4n) is 6.38. The van der Waals surface area contributed by atoms with Gasteiger partial charge in [0.2, 0.25) is 0 Å². The molecule has 3 aliphatic heterocycles. The predicted molar refractivity (Wildman–Crippen MR) is 131 cm³/mol. The lowest BCUT2D eigenvalue weighted by Crippen LogP contribution is -2.38. The molecule has 3 atom stereocenters. The third-order valence-corrected chi connectivity index (χ3v) is 8.16. The average molecular weight is 474 g/mol. The summed E-state index contributed by atoms with van der Waals surface area (Å²) in [5.41, 5.74) is 1.33. The molecule has 4 bridgehead atoms. The first-order valence-electron chi connectivity index (χ1n) is 13.8. The highest BCUT2D eigenvalue weighted by Crippen LogP contribution is 2.42. The smallest absolute Gasteiger partial charge is 0.119 e. The van der Waals surface area contributed by atoms with Gasteiger partial charge in [-0.3, -0.25) is 0 Å². The van der Waals surface area contributed by atoms with Crippen LogP contribution in [0.3, 0.4) is 0 Å². The quantitative estimate of drug-likeness (QED) is 0.444. The van der Waals surface area contributed by atoms with Gasteiger partial charge in [-0.25, -0.2) is 9.78 Å². The summed E-state index contributed by atoms with van der Waals surface area (Å²) in [5, 5.41) is 3.62. The van der Waals surface area contributed by atoms with Crippen molar-refractivity contribution in [2.75, 3.05) is 39.6 Å². The first kappa shape index (κ1) is 24.5. The van der Waals surface area contributed by atoms with E-state index < -0.39 is 0 Å². The summed E-state index contributed by atoms with van der Waals surface area (Å²) in [6.07, 6.45) is 11.9. The number of nitrogens with one attached hydrogen (secondary N) is 1. The van der Waals surface area contributed by atoms with Gasteiger partial charge in [0.05, 0.1) is 32.0 Å². The van der Waals surface area contributed by atoms with E-state index in [4.69, 9.17) is 24.0 Å². The SMILES string of the molecule is c1cc(C2CCCOOC3CC4CC(CC(C4)OC2)C3)ccc1OCCCNC1CCOCC1. The van der Waals surface area contributed by atoms with Crippen LogP contribution in [0.1, 0.15) is 75.7 Å². The molecule has 1 N–H and O–H groups in total. The fraction of sp³-hybridized carbons (Fsp3) is 0.786. The second-order valence-corrected chi connectivity index (χ2v) is 10.9. The fourth-order valence-corrected chi connectivity index (χ4v) is 6.38. The summed E-state index contributed by atoms with van der Waals surface area (Å²) < 4.78 is 18.0. The molecular weight excluding hydrogens is 430 g/mol. The summed E-state index contributed by atoms with van der Waals surface area (Å²) in [6, 6.07) is 9.29. The van der Waals surface area contributed by atoms with Crippen LogP contribution in [-0.2, 0) is 19.2 Å². The highest BCUT2D eigenvalue weighted by atomic mass is 17.2. The van der Waals surface area contributed by atoms with Crippen molar-refractivity contribution in [3.05, 3.63) is 29.8 Å². The maximum absolute atomic E-state index is 6.53. The monoisotopic (exact) mass is 473 g/mol. The van der Waals surface area contributed by atoms with Gasteiger partial charge >= 0.3 is 0 Å². The molecule has 0 amide bonds. The topological polar surface area (TPSA) is 58.2 Å². The van der Waals surface area contributed by atoms with Gasteiger partial charge < -0.3 is 19.5 Å². The first-order chi connectivity index (χ1) is 16.8. The van der Waals surface area contributed by atoms with E-state index in [0.29, 0.717) is 24.7 Å². The van der Waals surface area contributed by atoms with Crippen LogP contribution >= 0.6 is 0 Å². The molecule has 3 unspecified atom stereocenters. The van der Waals surface area contributed by atoms with E-state index in [1.807, 2.05) is 0 Å². The summed E-state index contributed by atoms with van der Waals surface area (Å²) >= 11 is 0. The zero-order chi connectivity index (χ0) is 23.0.